The quantitative estimate of drug-likeness (QED) is 0.884. The molecular weight excluding hydrogens is 226 g/mol. The summed E-state index contributed by atoms with van der Waals surface area (Å²) in [5.41, 5.74) is 0.956. The first-order chi connectivity index (χ1) is 7.77. The van der Waals surface area contributed by atoms with Crippen LogP contribution in [0.15, 0.2) is 36.0 Å². The molecule has 1 N–H and O–H groups in total. The van der Waals surface area contributed by atoms with Crippen molar-refractivity contribution < 1.29 is 14.6 Å². The first-order valence-electron chi connectivity index (χ1n) is 4.60. The van der Waals surface area contributed by atoms with E-state index >= 15 is 0 Å². The number of carboxylic acid groups (broad SMARTS) is 1. The number of rotatable bonds is 4. The highest BCUT2D eigenvalue weighted by Crippen LogP contribution is 2.25. The first-order valence-corrected chi connectivity index (χ1v) is 5.48. The smallest absolute Gasteiger partial charge is 0.349 e. The van der Waals surface area contributed by atoms with Crippen molar-refractivity contribution in [1.29, 1.82) is 0 Å². The molecule has 2 rings (SSSR count). The van der Waals surface area contributed by atoms with Crippen molar-refractivity contribution >= 4 is 17.3 Å². The monoisotopic (exact) mass is 235 g/mol. The van der Waals surface area contributed by atoms with Gasteiger partial charge in [0.05, 0.1) is 0 Å². The van der Waals surface area contributed by atoms with Gasteiger partial charge in [0.15, 0.2) is 4.88 Å². The normalized spacial score (nSPS) is 10.0. The van der Waals surface area contributed by atoms with Crippen LogP contribution in [0.25, 0.3) is 0 Å². The van der Waals surface area contributed by atoms with E-state index in [0.29, 0.717) is 12.4 Å². The Balaban J connectivity index is 2.05. The predicted molar refractivity (Wildman–Crippen MR) is 59.8 cm³/mol. The van der Waals surface area contributed by atoms with Crippen LogP contribution in [-0.2, 0) is 6.61 Å². The first kappa shape index (κ1) is 10.6. The molecular formula is C11H9NO3S. The van der Waals surface area contributed by atoms with Gasteiger partial charge in [0.2, 0.25) is 0 Å². The fourth-order valence-corrected chi connectivity index (χ4v) is 1.88. The molecule has 0 saturated carbocycles. The van der Waals surface area contributed by atoms with Gasteiger partial charge in [-0.2, -0.15) is 0 Å². The molecule has 0 bridgehead atoms. The summed E-state index contributed by atoms with van der Waals surface area (Å²) in [5, 5.41) is 10.6. The molecule has 0 unspecified atom stereocenters. The van der Waals surface area contributed by atoms with Gasteiger partial charge in [0.1, 0.15) is 12.4 Å². The molecule has 0 amide bonds. The van der Waals surface area contributed by atoms with Crippen molar-refractivity contribution in [3.8, 4) is 5.75 Å². The Morgan fingerprint density at radius 2 is 2.12 bits per heavy atom. The van der Waals surface area contributed by atoms with Crippen molar-refractivity contribution in [3.05, 3.63) is 46.4 Å². The lowest BCUT2D eigenvalue weighted by Gasteiger charge is -2.04. The lowest BCUT2D eigenvalue weighted by Crippen LogP contribution is -2.00. The van der Waals surface area contributed by atoms with E-state index in [1.165, 1.54) is 0 Å². The summed E-state index contributed by atoms with van der Waals surface area (Å²) in [6, 6.07) is 5.31. The molecule has 0 aliphatic heterocycles. The summed E-state index contributed by atoms with van der Waals surface area (Å²) in [7, 11) is 0. The highest BCUT2D eigenvalue weighted by atomic mass is 32.1. The number of carboxylic acids is 1. The van der Waals surface area contributed by atoms with Crippen LogP contribution < -0.4 is 4.74 Å². The minimum absolute atomic E-state index is 0.231. The van der Waals surface area contributed by atoms with Gasteiger partial charge < -0.3 is 9.84 Å². The van der Waals surface area contributed by atoms with E-state index < -0.39 is 5.97 Å². The molecule has 5 heteroatoms. The van der Waals surface area contributed by atoms with E-state index in [4.69, 9.17) is 9.84 Å². The van der Waals surface area contributed by atoms with Crippen LogP contribution in [0.3, 0.4) is 0 Å². The van der Waals surface area contributed by atoms with Gasteiger partial charge in [-0.05, 0) is 29.1 Å². The number of aromatic carboxylic acids is 1. The molecule has 0 aliphatic rings. The second kappa shape index (κ2) is 4.76. The Labute approximate surface area is 96.1 Å². The van der Waals surface area contributed by atoms with Gasteiger partial charge >= 0.3 is 5.97 Å². The van der Waals surface area contributed by atoms with Crippen LogP contribution >= 0.6 is 11.3 Å². The molecule has 0 spiro atoms. The Kier molecular flexibility index (Phi) is 3.16. The fraction of sp³-hybridized carbons (Fsp3) is 0.0909. The summed E-state index contributed by atoms with van der Waals surface area (Å²) < 4.78 is 5.43. The maximum absolute atomic E-state index is 10.8. The summed E-state index contributed by atoms with van der Waals surface area (Å²) in [4.78, 5) is 14.9. The molecule has 0 aromatic carbocycles. The summed E-state index contributed by atoms with van der Waals surface area (Å²) >= 11 is 1.16. The van der Waals surface area contributed by atoms with E-state index in [1.807, 2.05) is 12.1 Å². The Hall–Kier alpha value is -1.88. The van der Waals surface area contributed by atoms with E-state index in [9.17, 15) is 4.79 Å². The maximum atomic E-state index is 10.8. The zero-order chi connectivity index (χ0) is 11.4. The molecule has 0 radical (unpaired) electrons. The third kappa shape index (κ3) is 2.38. The van der Waals surface area contributed by atoms with Crippen LogP contribution in [0, 0.1) is 0 Å². The molecule has 82 valence electrons. The zero-order valence-electron chi connectivity index (χ0n) is 8.29. The van der Waals surface area contributed by atoms with Crippen molar-refractivity contribution in [1.82, 2.24) is 4.98 Å². The molecule has 2 aromatic rings. The minimum Gasteiger partial charge on any atom is -0.487 e. The van der Waals surface area contributed by atoms with Crippen LogP contribution in [0.5, 0.6) is 5.75 Å². The lowest BCUT2D eigenvalue weighted by atomic mass is 10.3. The van der Waals surface area contributed by atoms with E-state index in [2.05, 4.69) is 4.98 Å². The topological polar surface area (TPSA) is 59.4 Å². The largest absolute Gasteiger partial charge is 0.487 e. The number of hydrogen-bond acceptors (Lipinski definition) is 4. The lowest BCUT2D eigenvalue weighted by molar-refractivity contribution is 0.0697. The molecule has 0 aliphatic carbocycles. The molecule has 0 fully saturated rings. The van der Waals surface area contributed by atoms with Gasteiger partial charge in [0, 0.05) is 12.4 Å². The van der Waals surface area contributed by atoms with E-state index in [-0.39, 0.29) is 4.88 Å². The SMILES string of the molecule is O=C(O)c1sccc1OCc1ccncc1. The van der Waals surface area contributed by atoms with Crippen LogP contribution in [0.2, 0.25) is 0 Å². The molecule has 2 aromatic heterocycles. The highest BCUT2D eigenvalue weighted by Gasteiger charge is 2.12. The van der Waals surface area contributed by atoms with Gasteiger partial charge in [-0.25, -0.2) is 4.79 Å². The van der Waals surface area contributed by atoms with Gasteiger partial charge in [-0.3, -0.25) is 4.98 Å². The Bertz CT molecular complexity index is 481. The molecule has 4 nitrogen and oxygen atoms in total. The van der Waals surface area contributed by atoms with Crippen molar-refractivity contribution in [3.63, 3.8) is 0 Å². The Morgan fingerprint density at radius 1 is 1.38 bits per heavy atom. The van der Waals surface area contributed by atoms with Crippen LogP contribution in [-0.4, -0.2) is 16.1 Å². The van der Waals surface area contributed by atoms with Crippen LogP contribution in [0.4, 0.5) is 0 Å². The number of thiophene rings is 1. The summed E-state index contributed by atoms with van der Waals surface area (Å²) in [6.07, 6.45) is 3.34. The van der Waals surface area contributed by atoms with Gasteiger partial charge in [-0.1, -0.05) is 0 Å². The van der Waals surface area contributed by atoms with E-state index in [0.717, 1.165) is 16.9 Å². The highest BCUT2D eigenvalue weighted by molar-refractivity contribution is 7.12. The molecule has 0 saturated heterocycles. The predicted octanol–water partition coefficient (Wildman–Crippen LogP) is 2.42. The number of ether oxygens (including phenoxy) is 1. The fourth-order valence-electron chi connectivity index (χ4n) is 1.21. The van der Waals surface area contributed by atoms with Crippen molar-refractivity contribution in [2.45, 2.75) is 6.61 Å². The zero-order valence-corrected chi connectivity index (χ0v) is 9.11. The van der Waals surface area contributed by atoms with Crippen LogP contribution in [0.1, 0.15) is 15.2 Å². The Morgan fingerprint density at radius 3 is 2.81 bits per heavy atom. The number of carbonyl (C=O) groups is 1. The number of nitrogens with zero attached hydrogens (tertiary/aromatic N) is 1. The van der Waals surface area contributed by atoms with Gasteiger partial charge in [-0.15, -0.1) is 11.3 Å². The second-order valence-corrected chi connectivity index (χ2v) is 3.98. The molecule has 16 heavy (non-hydrogen) atoms. The van der Waals surface area contributed by atoms with Crippen molar-refractivity contribution in [2.75, 3.05) is 0 Å². The number of aromatic nitrogens is 1. The minimum atomic E-state index is -0.959. The summed E-state index contributed by atoms with van der Waals surface area (Å²) in [5.74, 6) is -0.547. The third-order valence-corrected chi connectivity index (χ3v) is 2.85. The average molecular weight is 235 g/mol. The average Bonchev–Trinajstić information content (AvgIpc) is 2.76. The number of pyridine rings is 1. The van der Waals surface area contributed by atoms with Crippen molar-refractivity contribution in [2.24, 2.45) is 0 Å². The molecule has 2 heterocycles. The maximum Gasteiger partial charge on any atom is 0.349 e. The van der Waals surface area contributed by atoms with E-state index in [1.54, 1.807) is 23.8 Å². The van der Waals surface area contributed by atoms with Gasteiger partial charge in [0.25, 0.3) is 0 Å². The standard InChI is InChI=1S/C11H9NO3S/c13-11(14)10-9(3-6-16-10)15-7-8-1-4-12-5-2-8/h1-6H,7H2,(H,13,14). The third-order valence-electron chi connectivity index (χ3n) is 1.97. The number of hydrogen-bond donors (Lipinski definition) is 1. The summed E-state index contributed by atoms with van der Waals surface area (Å²) in [6.45, 7) is 0.347. The molecule has 0 atom stereocenters. The second-order valence-electron chi connectivity index (χ2n) is 3.06.